The summed E-state index contributed by atoms with van der Waals surface area (Å²) in [6.07, 6.45) is 36.5. The van der Waals surface area contributed by atoms with Crippen LogP contribution in [0.4, 0.5) is 0 Å². The van der Waals surface area contributed by atoms with Crippen LogP contribution in [-0.4, -0.2) is 38.9 Å². The number of methoxy groups -OCH3 is 2. The Morgan fingerprint density at radius 2 is 1.20 bits per heavy atom. The lowest BCUT2D eigenvalue weighted by molar-refractivity contribution is -0.151. The van der Waals surface area contributed by atoms with Crippen LogP contribution < -0.4 is 4.52 Å². The summed E-state index contributed by atoms with van der Waals surface area (Å²) in [5, 5.41) is 0.408. The maximum Gasteiger partial charge on any atom is 0.530 e. The molecule has 2 aromatic rings. The second-order valence-electron chi connectivity index (χ2n) is 33.4. The van der Waals surface area contributed by atoms with Gasteiger partial charge in [-0.2, -0.15) is 0 Å². The van der Waals surface area contributed by atoms with E-state index in [-0.39, 0.29) is 23.5 Å². The van der Waals surface area contributed by atoms with Crippen LogP contribution in [0.15, 0.2) is 54.1 Å². The van der Waals surface area contributed by atoms with Gasteiger partial charge in [-0.15, -0.1) is 0 Å². The Morgan fingerprint density at radius 1 is 0.633 bits per heavy atom. The van der Waals surface area contributed by atoms with Gasteiger partial charge in [0.1, 0.15) is 5.75 Å². The lowest BCUT2D eigenvalue weighted by atomic mass is 9.38. The molecule has 10 heteroatoms. The van der Waals surface area contributed by atoms with Crippen molar-refractivity contribution < 1.29 is 37.2 Å². The van der Waals surface area contributed by atoms with Crippen LogP contribution >= 0.6 is 19.4 Å². The number of hydrogen-bond acceptors (Lipinski definition) is 8. The van der Waals surface area contributed by atoms with E-state index in [2.05, 4.69) is 86.6 Å². The summed E-state index contributed by atoms with van der Waals surface area (Å²) in [5.41, 5.74) is 4.31. The van der Waals surface area contributed by atoms with Crippen LogP contribution in [0, 0.1) is 105 Å². The fourth-order valence-electron chi connectivity index (χ4n) is 20.7. The smallest absolute Gasteiger partial charge is 0.469 e. The minimum atomic E-state index is -4.08. The molecule has 15 atom stereocenters. The molecule has 0 saturated heterocycles. The number of fused-ring (bicyclic) bond motifs is 5. The fraction of sp³-hybridized carbons (Fsp3) is 0.800. The van der Waals surface area contributed by atoms with Crippen molar-refractivity contribution in [2.45, 2.75) is 282 Å². The zero-order valence-corrected chi connectivity index (χ0v) is 61.2. The van der Waals surface area contributed by atoms with Gasteiger partial charge in [0.2, 0.25) is 0 Å². The summed E-state index contributed by atoms with van der Waals surface area (Å²) < 4.78 is 45.3. The summed E-state index contributed by atoms with van der Waals surface area (Å²) in [7, 11) is -1.19. The van der Waals surface area contributed by atoms with Crippen LogP contribution in [0.2, 0.25) is 5.02 Å². The number of para-hydroxylation sites is 1. The molecule has 12 unspecified atom stereocenters. The van der Waals surface area contributed by atoms with Crippen molar-refractivity contribution in [1.82, 2.24) is 0 Å². The van der Waals surface area contributed by atoms with Gasteiger partial charge in [-0.3, -0.25) is 18.6 Å². The third-order valence-electron chi connectivity index (χ3n) is 24.9. The van der Waals surface area contributed by atoms with Crippen LogP contribution in [-0.2, 0) is 51.9 Å². The van der Waals surface area contributed by atoms with E-state index in [0.29, 0.717) is 59.3 Å². The van der Waals surface area contributed by atoms with Gasteiger partial charge < -0.3 is 14.0 Å². The van der Waals surface area contributed by atoms with Crippen molar-refractivity contribution in [3.8, 4) is 5.75 Å². The number of esters is 2. The maximum atomic E-state index is 15.3. The molecule has 5 saturated carbocycles. The second-order valence-corrected chi connectivity index (χ2v) is 35.3. The van der Waals surface area contributed by atoms with Gasteiger partial charge in [0.05, 0.1) is 42.8 Å². The number of aryl methyl sites for hydroxylation is 1. The molecule has 90 heavy (non-hydrogen) atoms. The number of benzene rings is 2. The molecule has 508 valence electrons. The average Bonchev–Trinajstić information content (AvgIpc) is 1.25. The van der Waals surface area contributed by atoms with Gasteiger partial charge >= 0.3 is 19.8 Å². The first kappa shape index (κ1) is 73.2. The van der Waals surface area contributed by atoms with Crippen molar-refractivity contribution in [2.24, 2.45) is 105 Å². The first-order valence-electron chi connectivity index (χ1n) is 37.1. The minimum absolute atomic E-state index is 0.140. The van der Waals surface area contributed by atoms with Crippen LogP contribution in [0.3, 0.4) is 0 Å². The van der Waals surface area contributed by atoms with E-state index < -0.39 is 18.7 Å². The number of allylic oxidation sites excluding steroid dienone is 1. The number of unbranched alkanes of at least 4 members (excludes halogenated alkanes) is 8. The number of halogens is 1. The molecule has 8 nitrogen and oxygen atoms in total. The first-order valence-corrected chi connectivity index (χ1v) is 39.0. The lowest BCUT2D eigenvalue weighted by Crippen LogP contribution is -2.59. The molecule has 0 radical (unpaired) electrons. The van der Waals surface area contributed by atoms with E-state index in [0.717, 1.165) is 135 Å². The molecular formula is C80H128ClO8P. The maximum absolute atomic E-state index is 15.3. The van der Waals surface area contributed by atoms with Crippen molar-refractivity contribution in [1.29, 1.82) is 0 Å². The third-order valence-corrected chi connectivity index (χ3v) is 26.7. The summed E-state index contributed by atoms with van der Waals surface area (Å²) in [6, 6.07) is 13.9. The van der Waals surface area contributed by atoms with E-state index in [1.807, 2.05) is 39.8 Å². The summed E-state index contributed by atoms with van der Waals surface area (Å²) >= 11 is 6.76. The molecule has 0 aromatic heterocycles. The average molecular weight is 1280 g/mol. The molecule has 0 amide bonds. The predicted octanol–water partition coefficient (Wildman–Crippen LogP) is 22.9. The number of carbonyl (C=O) groups is 2. The Labute approximate surface area is 554 Å². The topological polar surface area (TPSA) is 97.4 Å². The van der Waals surface area contributed by atoms with E-state index in [4.69, 9.17) is 34.6 Å². The third kappa shape index (κ3) is 17.5. The molecule has 0 heterocycles. The number of ether oxygens (including phenoxy) is 2. The molecule has 6 aliphatic rings. The Balaban J connectivity index is 0.915. The van der Waals surface area contributed by atoms with E-state index in [1.165, 1.54) is 129 Å². The highest BCUT2D eigenvalue weighted by Gasteiger charge is 2.67. The van der Waals surface area contributed by atoms with Crippen LogP contribution in [0.1, 0.15) is 274 Å². The molecule has 8 rings (SSSR count). The zero-order valence-electron chi connectivity index (χ0n) is 59.6. The van der Waals surface area contributed by atoms with E-state index in [9.17, 15) is 9.59 Å². The summed E-state index contributed by atoms with van der Waals surface area (Å²) in [5.74, 6) is 10.5. The zero-order chi connectivity index (χ0) is 65.2. The normalized spacial score (nSPS) is 30.7. The van der Waals surface area contributed by atoms with Crippen LogP contribution in [0.25, 0.3) is 0 Å². The van der Waals surface area contributed by atoms with Crippen molar-refractivity contribution in [3.63, 3.8) is 0 Å². The summed E-state index contributed by atoms with van der Waals surface area (Å²) in [6.45, 7) is 30.9. The standard InChI is InChI=1S/C80H128ClO8P/c1-54(2)28-27-29-59(9)68-39-40-69-67-38-35-63-51-64(41-43-79(63,71-46-57(7)33-36-65(71)55(3)4)70(67)42-44-80(68,69)72-47-58(8)34-37-66(72)56(5)6)88-90(84,89-74-32-25-24-31-73(74)81)87-45-26-22-20-18-16-17-19-21-23-30-60-48-61(52-77(10,11)75(82)85-14)50-62(49-60)53-78(12,13)76(83)86-15/h24-25,31-32,35,48-50,54-59,64-72H,16-23,26-30,33-34,36-47,51-53H2,1-15H3/t57?,58?,59?,64-,65?,66?,67?,68?,69?,70?,71?,72?,79-,80-,90?/m1/s1. The van der Waals surface area contributed by atoms with Crippen molar-refractivity contribution in [3.05, 3.63) is 75.8 Å². The number of phosphoric acid groups is 1. The van der Waals surface area contributed by atoms with Gasteiger partial charge in [0.25, 0.3) is 0 Å². The number of phosphoric ester groups is 1. The molecule has 0 bridgehead atoms. The first-order chi connectivity index (χ1) is 42.8. The molecule has 6 aliphatic carbocycles. The van der Waals surface area contributed by atoms with Gasteiger partial charge in [-0.25, -0.2) is 4.57 Å². The van der Waals surface area contributed by atoms with Crippen molar-refractivity contribution in [2.75, 3.05) is 20.8 Å². The Morgan fingerprint density at radius 3 is 1.79 bits per heavy atom. The molecule has 2 aromatic carbocycles. The van der Waals surface area contributed by atoms with E-state index in [1.54, 1.807) is 17.7 Å². The largest absolute Gasteiger partial charge is 0.530 e. The second kappa shape index (κ2) is 32.4. The van der Waals surface area contributed by atoms with Crippen molar-refractivity contribution >= 4 is 31.4 Å². The molecular weight excluding hydrogens is 1160 g/mol. The van der Waals surface area contributed by atoms with Gasteiger partial charge in [-0.05, 0) is 259 Å². The van der Waals surface area contributed by atoms with Gasteiger partial charge in [0.15, 0.2) is 0 Å². The summed E-state index contributed by atoms with van der Waals surface area (Å²) in [4.78, 5) is 25.3. The molecule has 0 N–H and O–H groups in total. The minimum Gasteiger partial charge on any atom is -0.469 e. The number of carbonyl (C=O) groups excluding carboxylic acids is 2. The highest BCUT2D eigenvalue weighted by Crippen LogP contribution is 2.74. The lowest BCUT2D eigenvalue weighted by Gasteiger charge is -2.66. The molecule has 0 aliphatic heterocycles. The monoisotopic (exact) mass is 1280 g/mol. The molecule has 5 fully saturated rings. The van der Waals surface area contributed by atoms with Gasteiger partial charge in [-0.1, -0.05) is 193 Å². The van der Waals surface area contributed by atoms with E-state index >= 15 is 4.57 Å². The SMILES string of the molecule is COC(=O)C(C)(C)Cc1cc(CCCCCCCCCCCOP(=O)(Oc2ccccc2Cl)O[C@@H]2CC[C@@]3(C4CC(C)CCC4C(C)C)C(=CCC4C3CC[C@@]3(C5CC(C)CCC5C(C)C)C(C(C)CCCC(C)C)CCC43)C2)cc(CC(C)(C)C(=O)OC)c1. The fourth-order valence-corrected chi connectivity index (χ4v) is 22.4. The molecule has 0 spiro atoms. The number of rotatable bonds is 32. The van der Waals surface area contributed by atoms with Crippen LogP contribution in [0.5, 0.6) is 5.75 Å². The highest BCUT2D eigenvalue weighted by atomic mass is 35.5. The Hall–Kier alpha value is -2.64. The quantitative estimate of drug-likeness (QED) is 0.0309. The highest BCUT2D eigenvalue weighted by molar-refractivity contribution is 7.49. The Bertz CT molecular complexity index is 2640. The predicted molar refractivity (Wildman–Crippen MR) is 373 cm³/mol. The van der Waals surface area contributed by atoms with Gasteiger partial charge in [0, 0.05) is 0 Å². The number of hydrogen-bond donors (Lipinski definition) is 0. The Kier molecular flexibility index (Phi) is 26.3.